The molecule has 2 fully saturated rings. The highest BCUT2D eigenvalue weighted by Gasteiger charge is 2.28. The van der Waals surface area contributed by atoms with E-state index in [4.69, 9.17) is 11.6 Å². The Morgan fingerprint density at radius 3 is 2.64 bits per heavy atom. The van der Waals surface area contributed by atoms with E-state index >= 15 is 0 Å². The van der Waals surface area contributed by atoms with E-state index in [1.807, 2.05) is 18.7 Å². The number of hydrogen-bond acceptors (Lipinski definition) is 7. The van der Waals surface area contributed by atoms with Crippen LogP contribution in [-0.4, -0.2) is 95.9 Å². The molecular formula is C22H36ClN7O2S. The van der Waals surface area contributed by atoms with Gasteiger partial charge >= 0.3 is 6.03 Å². The summed E-state index contributed by atoms with van der Waals surface area (Å²) in [5, 5.41) is 6.76. The minimum atomic E-state index is -0.0255. The van der Waals surface area contributed by atoms with Crippen molar-refractivity contribution in [3.63, 3.8) is 0 Å². The molecule has 3 heterocycles. The molecule has 184 valence electrons. The Bertz CT molecular complexity index is 794. The van der Waals surface area contributed by atoms with Crippen molar-refractivity contribution in [3.8, 4) is 0 Å². The number of piperazine rings is 1. The maximum Gasteiger partial charge on any atom is 0.317 e. The normalized spacial score (nSPS) is 19.4. The third-order valence-electron chi connectivity index (χ3n) is 5.93. The van der Waals surface area contributed by atoms with Crippen LogP contribution in [0.5, 0.6) is 0 Å². The van der Waals surface area contributed by atoms with Gasteiger partial charge in [0.05, 0.1) is 5.75 Å². The first kappa shape index (κ1) is 25.8. The lowest BCUT2D eigenvalue weighted by Crippen LogP contribution is -2.56. The number of anilines is 1. The zero-order chi connectivity index (χ0) is 23.6. The van der Waals surface area contributed by atoms with Crippen LogP contribution >= 0.6 is 23.4 Å². The molecule has 3 rings (SSSR count). The quantitative estimate of drug-likeness (QED) is 0.307. The molecule has 1 aromatic rings. The summed E-state index contributed by atoms with van der Waals surface area (Å²) >= 11 is 7.54. The lowest BCUT2D eigenvalue weighted by Gasteiger charge is -2.40. The number of carbonyl (C=O) groups excluding carboxylic acids is 2. The molecule has 11 heteroatoms. The second-order valence-corrected chi connectivity index (χ2v) is 9.92. The second kappa shape index (κ2) is 13.2. The van der Waals surface area contributed by atoms with Crippen LogP contribution in [0.1, 0.15) is 39.5 Å². The number of carbonyl (C=O) groups is 2. The summed E-state index contributed by atoms with van der Waals surface area (Å²) in [6.07, 6.45) is 4.72. The Morgan fingerprint density at radius 1 is 1.12 bits per heavy atom. The summed E-state index contributed by atoms with van der Waals surface area (Å²) < 4.78 is 0. The summed E-state index contributed by atoms with van der Waals surface area (Å²) in [7, 11) is 0. The van der Waals surface area contributed by atoms with Gasteiger partial charge in [-0.1, -0.05) is 36.7 Å². The van der Waals surface area contributed by atoms with Crippen molar-refractivity contribution in [2.45, 2.75) is 50.7 Å². The largest absolute Gasteiger partial charge is 0.354 e. The highest BCUT2D eigenvalue weighted by atomic mass is 35.5. The van der Waals surface area contributed by atoms with Gasteiger partial charge in [0.15, 0.2) is 5.16 Å². The van der Waals surface area contributed by atoms with Gasteiger partial charge in [0.1, 0.15) is 11.0 Å². The van der Waals surface area contributed by atoms with E-state index in [1.165, 1.54) is 31.0 Å². The first-order valence-corrected chi connectivity index (χ1v) is 13.3. The van der Waals surface area contributed by atoms with Crippen LogP contribution in [0.25, 0.3) is 0 Å². The average molecular weight is 498 g/mol. The minimum Gasteiger partial charge on any atom is -0.354 e. The summed E-state index contributed by atoms with van der Waals surface area (Å²) in [5.74, 6) is 0.951. The summed E-state index contributed by atoms with van der Waals surface area (Å²) in [4.78, 5) is 39.9. The minimum absolute atomic E-state index is 0.0211. The van der Waals surface area contributed by atoms with Crippen LogP contribution in [0, 0.1) is 0 Å². The molecule has 2 aliphatic rings. The molecule has 1 unspecified atom stereocenters. The number of urea groups is 1. The summed E-state index contributed by atoms with van der Waals surface area (Å²) in [6.45, 7) is 10.5. The van der Waals surface area contributed by atoms with E-state index in [-0.39, 0.29) is 23.7 Å². The van der Waals surface area contributed by atoms with E-state index < -0.39 is 0 Å². The lowest BCUT2D eigenvalue weighted by molar-refractivity contribution is -0.118. The lowest BCUT2D eigenvalue weighted by atomic mass is 10.1. The monoisotopic (exact) mass is 497 g/mol. The molecule has 2 aliphatic heterocycles. The van der Waals surface area contributed by atoms with Gasteiger partial charge in [-0.05, 0) is 39.3 Å². The predicted octanol–water partition coefficient (Wildman–Crippen LogP) is 2.45. The van der Waals surface area contributed by atoms with E-state index in [2.05, 4.69) is 30.4 Å². The van der Waals surface area contributed by atoms with Crippen molar-refractivity contribution in [2.24, 2.45) is 0 Å². The molecular weight excluding hydrogens is 462 g/mol. The van der Waals surface area contributed by atoms with Gasteiger partial charge in [-0.3, -0.25) is 4.79 Å². The Labute approximate surface area is 206 Å². The van der Waals surface area contributed by atoms with Gasteiger partial charge in [0.2, 0.25) is 5.91 Å². The smallest absolute Gasteiger partial charge is 0.317 e. The van der Waals surface area contributed by atoms with E-state index in [0.717, 1.165) is 31.9 Å². The van der Waals surface area contributed by atoms with Gasteiger partial charge in [-0.2, -0.15) is 0 Å². The molecule has 2 saturated heterocycles. The van der Waals surface area contributed by atoms with E-state index in [9.17, 15) is 9.59 Å². The average Bonchev–Trinajstić information content (AvgIpc) is 2.81. The first-order chi connectivity index (χ1) is 16.0. The number of aromatic nitrogens is 2. The van der Waals surface area contributed by atoms with Crippen molar-refractivity contribution < 1.29 is 9.59 Å². The number of amides is 3. The Kier molecular flexibility index (Phi) is 10.3. The van der Waals surface area contributed by atoms with Gasteiger partial charge in [0, 0.05) is 51.4 Å². The molecule has 0 bridgehead atoms. The SMILES string of the molecule is CCCNC(=O)N1CCN(c2cc(Cl)nc(SCC(=O)NCCN3CCCCC3)n2)CC1C. The molecule has 33 heavy (non-hydrogen) atoms. The first-order valence-electron chi connectivity index (χ1n) is 11.9. The van der Waals surface area contributed by atoms with Gasteiger partial charge in [0.25, 0.3) is 0 Å². The fraction of sp³-hybridized carbons (Fsp3) is 0.727. The molecule has 0 radical (unpaired) electrons. The predicted molar refractivity (Wildman–Crippen MR) is 133 cm³/mol. The third kappa shape index (κ3) is 8.19. The molecule has 9 nitrogen and oxygen atoms in total. The molecule has 0 spiro atoms. The molecule has 0 saturated carbocycles. The van der Waals surface area contributed by atoms with Crippen molar-refractivity contribution in [3.05, 3.63) is 11.2 Å². The van der Waals surface area contributed by atoms with Crippen LogP contribution in [0.2, 0.25) is 5.15 Å². The molecule has 0 aromatic carbocycles. The van der Waals surface area contributed by atoms with E-state index in [1.54, 1.807) is 6.07 Å². The van der Waals surface area contributed by atoms with Crippen LogP contribution in [-0.2, 0) is 4.79 Å². The number of piperidine rings is 1. The van der Waals surface area contributed by atoms with Crippen molar-refractivity contribution in [1.82, 2.24) is 30.4 Å². The standard InChI is InChI=1S/C22H36ClN7O2S/c1-3-7-25-22(32)30-13-12-29(15-17(30)2)19-14-18(23)26-21(27-19)33-16-20(31)24-8-11-28-9-5-4-6-10-28/h14,17H,3-13,15-16H2,1-2H3,(H,24,31)(H,25,32). The molecule has 0 aliphatic carbocycles. The molecule has 2 N–H and O–H groups in total. The topological polar surface area (TPSA) is 93.7 Å². The number of likely N-dealkylation sites (tertiary alicyclic amines) is 1. The van der Waals surface area contributed by atoms with Crippen LogP contribution < -0.4 is 15.5 Å². The molecule has 1 atom stereocenters. The Hall–Kier alpha value is -1.78. The van der Waals surface area contributed by atoms with Gasteiger partial charge in [-0.25, -0.2) is 14.8 Å². The zero-order valence-electron chi connectivity index (χ0n) is 19.7. The number of rotatable bonds is 9. The van der Waals surface area contributed by atoms with Crippen LogP contribution in [0.4, 0.5) is 10.6 Å². The van der Waals surface area contributed by atoms with Crippen molar-refractivity contribution in [1.29, 1.82) is 0 Å². The number of nitrogens with one attached hydrogen (secondary N) is 2. The number of nitrogens with zero attached hydrogens (tertiary/aromatic N) is 5. The fourth-order valence-corrected chi connectivity index (χ4v) is 5.04. The van der Waals surface area contributed by atoms with Crippen molar-refractivity contribution in [2.75, 3.05) is 63.0 Å². The maximum atomic E-state index is 12.3. The number of halogens is 1. The zero-order valence-corrected chi connectivity index (χ0v) is 21.3. The van der Waals surface area contributed by atoms with Gasteiger partial charge < -0.3 is 25.3 Å². The number of thioether (sulfide) groups is 1. The molecule has 1 aromatic heterocycles. The van der Waals surface area contributed by atoms with Gasteiger partial charge in [-0.15, -0.1) is 0 Å². The highest BCUT2D eigenvalue weighted by Crippen LogP contribution is 2.24. The Balaban J connectivity index is 1.47. The Morgan fingerprint density at radius 2 is 1.91 bits per heavy atom. The second-order valence-electron chi connectivity index (χ2n) is 8.59. The summed E-state index contributed by atoms with van der Waals surface area (Å²) in [5.41, 5.74) is 0. The fourth-order valence-electron chi connectivity index (χ4n) is 4.13. The van der Waals surface area contributed by atoms with Crippen LogP contribution in [0.3, 0.4) is 0 Å². The van der Waals surface area contributed by atoms with Crippen molar-refractivity contribution >= 4 is 41.1 Å². The third-order valence-corrected chi connectivity index (χ3v) is 6.97. The van der Waals surface area contributed by atoms with Crippen LogP contribution in [0.15, 0.2) is 11.2 Å². The highest BCUT2D eigenvalue weighted by molar-refractivity contribution is 7.99. The molecule has 3 amide bonds. The van der Waals surface area contributed by atoms with E-state index in [0.29, 0.717) is 43.0 Å². The summed E-state index contributed by atoms with van der Waals surface area (Å²) in [6, 6.07) is 1.77. The maximum absolute atomic E-state index is 12.3. The number of hydrogen-bond donors (Lipinski definition) is 2.